The Morgan fingerprint density at radius 3 is 3.08 bits per heavy atom. The number of hydrogen-bond acceptors (Lipinski definition) is 4. The highest BCUT2D eigenvalue weighted by Crippen LogP contribution is 2.23. The summed E-state index contributed by atoms with van der Waals surface area (Å²) < 4.78 is 5.04. The van der Waals surface area contributed by atoms with Crippen LogP contribution in [0.2, 0.25) is 0 Å². The predicted molar refractivity (Wildman–Crippen MR) is 44.7 cm³/mol. The first-order valence-electron chi connectivity index (χ1n) is 4.10. The molecule has 1 heterocycles. The lowest BCUT2D eigenvalue weighted by molar-refractivity contribution is 0.0916. The molecule has 1 unspecified atom stereocenters. The van der Waals surface area contributed by atoms with Crippen molar-refractivity contribution >= 4 is 12.1 Å². The monoisotopic (exact) mass is 179 g/mol. The summed E-state index contributed by atoms with van der Waals surface area (Å²) in [5.41, 5.74) is 6.35. The Morgan fingerprint density at radius 1 is 1.62 bits per heavy atom. The van der Waals surface area contributed by atoms with Gasteiger partial charge in [-0.2, -0.15) is 0 Å². The van der Waals surface area contributed by atoms with Crippen LogP contribution in [0.3, 0.4) is 0 Å². The number of furan rings is 1. The van der Waals surface area contributed by atoms with E-state index in [-0.39, 0.29) is 17.3 Å². The number of rotatable bonds is 1. The number of fused-ring (bicyclic) bond motifs is 1. The Kier molecular flexibility index (Phi) is 1.77. The highest BCUT2D eigenvalue weighted by Gasteiger charge is 2.28. The minimum atomic E-state index is -0.474. The number of aldehydes is 1. The maximum atomic E-state index is 11.4. The van der Waals surface area contributed by atoms with E-state index < -0.39 is 6.04 Å². The van der Waals surface area contributed by atoms with Gasteiger partial charge in [0.25, 0.3) is 0 Å². The normalized spacial score (nSPS) is 21.3. The average Bonchev–Trinajstić information content (AvgIpc) is 2.55. The van der Waals surface area contributed by atoms with Gasteiger partial charge in [-0.1, -0.05) is 0 Å². The lowest BCUT2D eigenvalue weighted by Crippen LogP contribution is -2.34. The lowest BCUT2D eigenvalue weighted by atomic mass is 9.93. The van der Waals surface area contributed by atoms with Gasteiger partial charge in [0.15, 0.2) is 17.8 Å². The molecule has 0 saturated carbocycles. The second kappa shape index (κ2) is 2.81. The summed E-state index contributed by atoms with van der Waals surface area (Å²) in [6.45, 7) is 0. The van der Waals surface area contributed by atoms with Crippen LogP contribution in [0.4, 0.5) is 0 Å². The van der Waals surface area contributed by atoms with Crippen molar-refractivity contribution < 1.29 is 14.0 Å². The molecule has 0 bridgehead atoms. The van der Waals surface area contributed by atoms with Crippen molar-refractivity contribution in [3.63, 3.8) is 0 Å². The largest absolute Gasteiger partial charge is 0.450 e. The smallest absolute Gasteiger partial charge is 0.214 e. The van der Waals surface area contributed by atoms with Gasteiger partial charge in [0, 0.05) is 5.56 Å². The standard InChI is InChI=1S/C9H9NO3/c10-7-2-1-5-3-6(4-11)13-9(5)8(7)12/h3-4,7H,1-2,10H2. The fourth-order valence-corrected chi connectivity index (χ4v) is 1.51. The summed E-state index contributed by atoms with van der Waals surface area (Å²) in [7, 11) is 0. The Morgan fingerprint density at radius 2 is 2.38 bits per heavy atom. The van der Waals surface area contributed by atoms with Crippen molar-refractivity contribution in [1.82, 2.24) is 0 Å². The maximum Gasteiger partial charge on any atom is 0.214 e. The minimum Gasteiger partial charge on any atom is -0.450 e. The molecular weight excluding hydrogens is 170 g/mol. The zero-order valence-electron chi connectivity index (χ0n) is 6.95. The summed E-state index contributed by atoms with van der Waals surface area (Å²) >= 11 is 0. The van der Waals surface area contributed by atoms with E-state index >= 15 is 0 Å². The molecule has 0 amide bonds. The Bertz CT molecular complexity index is 367. The highest BCUT2D eigenvalue weighted by molar-refractivity contribution is 6.00. The quantitative estimate of drug-likeness (QED) is 0.639. The van der Waals surface area contributed by atoms with E-state index in [0.29, 0.717) is 19.1 Å². The van der Waals surface area contributed by atoms with Gasteiger partial charge in [0.2, 0.25) is 5.78 Å². The van der Waals surface area contributed by atoms with Crippen LogP contribution in [-0.4, -0.2) is 18.1 Å². The van der Waals surface area contributed by atoms with Crippen LogP contribution in [0.5, 0.6) is 0 Å². The molecule has 1 aliphatic carbocycles. The van der Waals surface area contributed by atoms with Crippen LogP contribution in [0.25, 0.3) is 0 Å². The molecule has 1 atom stereocenters. The Hall–Kier alpha value is -1.42. The molecule has 0 aromatic carbocycles. The Balaban J connectivity index is 2.47. The topological polar surface area (TPSA) is 73.3 Å². The van der Waals surface area contributed by atoms with Crippen molar-refractivity contribution in [2.24, 2.45) is 5.73 Å². The molecule has 1 aromatic heterocycles. The van der Waals surface area contributed by atoms with Crippen LogP contribution < -0.4 is 5.73 Å². The summed E-state index contributed by atoms with van der Waals surface area (Å²) in [6.07, 6.45) is 1.93. The molecule has 1 aromatic rings. The first-order valence-corrected chi connectivity index (χ1v) is 4.10. The van der Waals surface area contributed by atoms with Crippen molar-refractivity contribution in [1.29, 1.82) is 0 Å². The summed E-state index contributed by atoms with van der Waals surface area (Å²) in [5, 5.41) is 0. The average molecular weight is 179 g/mol. The van der Waals surface area contributed by atoms with E-state index in [2.05, 4.69) is 0 Å². The fraction of sp³-hybridized carbons (Fsp3) is 0.333. The van der Waals surface area contributed by atoms with Crippen LogP contribution >= 0.6 is 0 Å². The number of Topliss-reactive ketones (excluding diaryl/α,β-unsaturated/α-hetero) is 1. The van der Waals surface area contributed by atoms with Gasteiger partial charge in [-0.15, -0.1) is 0 Å². The molecule has 0 spiro atoms. The molecule has 1 aliphatic rings. The van der Waals surface area contributed by atoms with E-state index in [4.69, 9.17) is 10.2 Å². The molecule has 2 rings (SSSR count). The molecular formula is C9H9NO3. The van der Waals surface area contributed by atoms with Crippen LogP contribution in [0.1, 0.15) is 33.1 Å². The second-order valence-corrected chi connectivity index (χ2v) is 3.13. The van der Waals surface area contributed by atoms with Gasteiger partial charge < -0.3 is 10.2 Å². The maximum absolute atomic E-state index is 11.4. The number of carbonyl (C=O) groups excluding carboxylic acids is 2. The molecule has 13 heavy (non-hydrogen) atoms. The zero-order valence-corrected chi connectivity index (χ0v) is 6.95. The number of hydrogen-bond donors (Lipinski definition) is 1. The van der Waals surface area contributed by atoms with E-state index in [1.165, 1.54) is 0 Å². The first kappa shape index (κ1) is 8.19. The molecule has 68 valence electrons. The van der Waals surface area contributed by atoms with E-state index in [9.17, 15) is 9.59 Å². The molecule has 0 radical (unpaired) electrons. The summed E-state index contributed by atoms with van der Waals surface area (Å²) in [6, 6.07) is 1.13. The van der Waals surface area contributed by atoms with Crippen molar-refractivity contribution in [3.05, 3.63) is 23.2 Å². The minimum absolute atomic E-state index is 0.200. The van der Waals surface area contributed by atoms with E-state index in [1.807, 2.05) is 0 Å². The van der Waals surface area contributed by atoms with Crippen LogP contribution in [0, 0.1) is 0 Å². The fourth-order valence-electron chi connectivity index (χ4n) is 1.51. The van der Waals surface area contributed by atoms with Crippen molar-refractivity contribution in [2.45, 2.75) is 18.9 Å². The number of ketones is 1. The van der Waals surface area contributed by atoms with Gasteiger partial charge in [-0.05, 0) is 18.9 Å². The van der Waals surface area contributed by atoms with E-state index in [1.54, 1.807) is 6.07 Å². The summed E-state index contributed by atoms with van der Waals surface area (Å²) in [4.78, 5) is 21.8. The van der Waals surface area contributed by atoms with Crippen molar-refractivity contribution in [3.8, 4) is 0 Å². The van der Waals surface area contributed by atoms with Gasteiger partial charge in [-0.25, -0.2) is 0 Å². The molecule has 0 saturated heterocycles. The number of aryl methyl sites for hydroxylation is 1. The molecule has 2 N–H and O–H groups in total. The molecule has 4 heteroatoms. The molecule has 0 aliphatic heterocycles. The van der Waals surface area contributed by atoms with Crippen LogP contribution in [-0.2, 0) is 6.42 Å². The van der Waals surface area contributed by atoms with Gasteiger partial charge >= 0.3 is 0 Å². The third kappa shape index (κ3) is 1.19. The number of carbonyl (C=O) groups is 2. The van der Waals surface area contributed by atoms with E-state index in [0.717, 1.165) is 5.56 Å². The van der Waals surface area contributed by atoms with Crippen LogP contribution in [0.15, 0.2) is 10.5 Å². The first-order chi connectivity index (χ1) is 6.22. The van der Waals surface area contributed by atoms with Gasteiger partial charge in [-0.3, -0.25) is 9.59 Å². The molecule has 4 nitrogen and oxygen atoms in total. The third-order valence-corrected chi connectivity index (χ3v) is 2.23. The van der Waals surface area contributed by atoms with Gasteiger partial charge in [0.05, 0.1) is 6.04 Å². The highest BCUT2D eigenvalue weighted by atomic mass is 16.4. The number of nitrogens with two attached hydrogens (primary N) is 1. The van der Waals surface area contributed by atoms with Crippen molar-refractivity contribution in [2.75, 3.05) is 0 Å². The summed E-state index contributed by atoms with van der Waals surface area (Å²) in [5.74, 6) is 0.266. The third-order valence-electron chi connectivity index (χ3n) is 2.23. The van der Waals surface area contributed by atoms with Gasteiger partial charge in [0.1, 0.15) is 0 Å². The SMILES string of the molecule is NC1CCc2cc(C=O)oc2C1=O. The molecule has 0 fully saturated rings. The Labute approximate surface area is 74.7 Å². The predicted octanol–water partition coefficient (Wildman–Crippen LogP) is 0.548. The second-order valence-electron chi connectivity index (χ2n) is 3.13. The zero-order chi connectivity index (χ0) is 9.42. The lowest BCUT2D eigenvalue weighted by Gasteiger charge is -2.14.